The molecule has 0 aliphatic heterocycles. The van der Waals surface area contributed by atoms with Gasteiger partial charge in [-0.05, 0) is 25.1 Å². The van der Waals surface area contributed by atoms with E-state index >= 15 is 0 Å². The number of carbonyl (C=O) groups is 1. The number of fused-ring (bicyclic) bond motifs is 1. The van der Waals surface area contributed by atoms with Gasteiger partial charge >= 0.3 is 5.97 Å². The van der Waals surface area contributed by atoms with Crippen LogP contribution in [0, 0.1) is 5.82 Å². The van der Waals surface area contributed by atoms with Gasteiger partial charge in [0.05, 0.1) is 12.2 Å². The highest BCUT2D eigenvalue weighted by Gasteiger charge is 2.22. The van der Waals surface area contributed by atoms with Crippen molar-refractivity contribution in [2.24, 2.45) is 0 Å². The average molecular weight is 314 g/mol. The predicted octanol–water partition coefficient (Wildman–Crippen LogP) is 4.33. The number of para-hydroxylation sites is 2. The largest absolute Gasteiger partial charge is 0.486 e. The standard InChI is InChI=1S/C18H15FO4/c1-2-21-18(20)17-13(12-7-3-5-9-15(12)23-17)11-22-16-10-6-4-8-14(16)19/h3-10H,2,11H2,1H3. The number of furan rings is 1. The van der Waals surface area contributed by atoms with Gasteiger partial charge < -0.3 is 13.9 Å². The Balaban J connectivity index is 1.96. The number of hydrogen-bond donors (Lipinski definition) is 0. The highest BCUT2D eigenvalue weighted by atomic mass is 19.1. The maximum absolute atomic E-state index is 13.7. The Bertz CT molecular complexity index is 838. The van der Waals surface area contributed by atoms with E-state index in [2.05, 4.69) is 0 Å². The lowest BCUT2D eigenvalue weighted by Gasteiger charge is -2.07. The molecular weight excluding hydrogens is 299 g/mol. The SMILES string of the molecule is CCOC(=O)c1oc2ccccc2c1COc1ccccc1F. The van der Waals surface area contributed by atoms with Crippen LogP contribution in [-0.4, -0.2) is 12.6 Å². The lowest BCUT2D eigenvalue weighted by molar-refractivity contribution is 0.0488. The van der Waals surface area contributed by atoms with Crippen LogP contribution in [0.4, 0.5) is 4.39 Å². The van der Waals surface area contributed by atoms with E-state index in [1.165, 1.54) is 12.1 Å². The van der Waals surface area contributed by atoms with Gasteiger partial charge in [-0.3, -0.25) is 0 Å². The first kappa shape index (κ1) is 15.1. The van der Waals surface area contributed by atoms with Crippen LogP contribution in [0.25, 0.3) is 11.0 Å². The second kappa shape index (κ2) is 6.52. The molecule has 0 atom stereocenters. The Morgan fingerprint density at radius 3 is 2.65 bits per heavy atom. The zero-order valence-electron chi connectivity index (χ0n) is 12.5. The number of halogens is 1. The van der Waals surface area contributed by atoms with Gasteiger partial charge in [0.25, 0.3) is 0 Å². The Kier molecular flexibility index (Phi) is 4.28. The molecule has 4 nitrogen and oxygen atoms in total. The zero-order valence-corrected chi connectivity index (χ0v) is 12.5. The number of esters is 1. The number of ether oxygens (including phenoxy) is 2. The summed E-state index contributed by atoms with van der Waals surface area (Å²) in [6, 6.07) is 13.3. The van der Waals surface area contributed by atoms with Crippen LogP contribution in [0.2, 0.25) is 0 Å². The Morgan fingerprint density at radius 2 is 1.87 bits per heavy atom. The third kappa shape index (κ3) is 3.04. The van der Waals surface area contributed by atoms with E-state index in [0.29, 0.717) is 11.1 Å². The highest BCUT2D eigenvalue weighted by molar-refractivity contribution is 5.96. The van der Waals surface area contributed by atoms with Gasteiger partial charge in [-0.1, -0.05) is 30.3 Å². The Hall–Kier alpha value is -2.82. The van der Waals surface area contributed by atoms with Crippen molar-refractivity contribution >= 4 is 16.9 Å². The zero-order chi connectivity index (χ0) is 16.2. The molecule has 0 spiro atoms. The van der Waals surface area contributed by atoms with Crippen molar-refractivity contribution in [3.8, 4) is 5.75 Å². The Morgan fingerprint density at radius 1 is 1.13 bits per heavy atom. The molecule has 3 aromatic rings. The van der Waals surface area contributed by atoms with Crippen LogP contribution in [0.15, 0.2) is 52.9 Å². The van der Waals surface area contributed by atoms with Crippen LogP contribution < -0.4 is 4.74 Å². The summed E-state index contributed by atoms with van der Waals surface area (Å²) in [6.07, 6.45) is 0. The van der Waals surface area contributed by atoms with Gasteiger partial charge in [0.2, 0.25) is 5.76 Å². The fourth-order valence-corrected chi connectivity index (χ4v) is 2.32. The lowest BCUT2D eigenvalue weighted by atomic mass is 10.1. The summed E-state index contributed by atoms with van der Waals surface area (Å²) in [7, 11) is 0. The first-order valence-corrected chi connectivity index (χ1v) is 7.25. The summed E-state index contributed by atoms with van der Waals surface area (Å²) < 4.78 is 29.8. The summed E-state index contributed by atoms with van der Waals surface area (Å²) in [5.74, 6) is -0.814. The molecule has 0 aliphatic carbocycles. The molecule has 1 heterocycles. The summed E-state index contributed by atoms with van der Waals surface area (Å²) in [5.41, 5.74) is 1.10. The molecule has 5 heteroatoms. The van der Waals surface area contributed by atoms with Crippen molar-refractivity contribution in [2.75, 3.05) is 6.61 Å². The molecule has 2 aromatic carbocycles. The Labute approximate surface area is 132 Å². The summed E-state index contributed by atoms with van der Waals surface area (Å²) in [4.78, 5) is 12.1. The average Bonchev–Trinajstić information content (AvgIpc) is 2.93. The van der Waals surface area contributed by atoms with Crippen molar-refractivity contribution in [1.29, 1.82) is 0 Å². The molecule has 0 unspecified atom stereocenters. The molecule has 23 heavy (non-hydrogen) atoms. The molecule has 0 fully saturated rings. The fraction of sp³-hybridized carbons (Fsp3) is 0.167. The van der Waals surface area contributed by atoms with Crippen molar-refractivity contribution < 1.29 is 23.1 Å². The summed E-state index contributed by atoms with van der Waals surface area (Å²) in [6.45, 7) is 1.96. The maximum atomic E-state index is 13.7. The van der Waals surface area contributed by atoms with Gasteiger partial charge in [-0.25, -0.2) is 9.18 Å². The lowest BCUT2D eigenvalue weighted by Crippen LogP contribution is -2.08. The number of hydrogen-bond acceptors (Lipinski definition) is 4. The van der Waals surface area contributed by atoms with Crippen molar-refractivity contribution in [3.05, 3.63) is 65.7 Å². The van der Waals surface area contributed by atoms with E-state index < -0.39 is 11.8 Å². The molecule has 0 radical (unpaired) electrons. The van der Waals surface area contributed by atoms with Crippen molar-refractivity contribution in [1.82, 2.24) is 0 Å². The summed E-state index contributed by atoms with van der Waals surface area (Å²) >= 11 is 0. The molecule has 0 aliphatic rings. The predicted molar refractivity (Wildman–Crippen MR) is 82.9 cm³/mol. The topological polar surface area (TPSA) is 48.7 Å². The van der Waals surface area contributed by atoms with Gasteiger partial charge in [-0.2, -0.15) is 0 Å². The van der Waals surface area contributed by atoms with Gasteiger partial charge in [0.15, 0.2) is 11.6 Å². The van der Waals surface area contributed by atoms with Crippen molar-refractivity contribution in [3.63, 3.8) is 0 Å². The highest BCUT2D eigenvalue weighted by Crippen LogP contribution is 2.28. The second-order valence-corrected chi connectivity index (χ2v) is 4.85. The van der Waals surface area contributed by atoms with Crippen molar-refractivity contribution in [2.45, 2.75) is 13.5 Å². The van der Waals surface area contributed by atoms with Gasteiger partial charge in [0.1, 0.15) is 12.2 Å². The maximum Gasteiger partial charge on any atom is 0.374 e. The monoisotopic (exact) mass is 314 g/mol. The van der Waals surface area contributed by atoms with Crippen LogP contribution in [0.1, 0.15) is 23.0 Å². The molecule has 0 amide bonds. The molecule has 0 saturated carbocycles. The van der Waals surface area contributed by atoms with Gasteiger partial charge in [-0.15, -0.1) is 0 Å². The molecule has 0 N–H and O–H groups in total. The van der Waals surface area contributed by atoms with Crippen LogP contribution in [0.3, 0.4) is 0 Å². The summed E-state index contributed by atoms with van der Waals surface area (Å²) in [5, 5.41) is 0.742. The third-order valence-corrected chi connectivity index (χ3v) is 3.37. The first-order chi connectivity index (χ1) is 11.2. The number of rotatable bonds is 5. The molecule has 0 bridgehead atoms. The molecule has 0 saturated heterocycles. The molecule has 3 rings (SSSR count). The third-order valence-electron chi connectivity index (χ3n) is 3.37. The van der Waals surface area contributed by atoms with E-state index in [4.69, 9.17) is 13.9 Å². The first-order valence-electron chi connectivity index (χ1n) is 7.25. The second-order valence-electron chi connectivity index (χ2n) is 4.85. The van der Waals surface area contributed by atoms with Crippen LogP contribution in [-0.2, 0) is 11.3 Å². The van der Waals surface area contributed by atoms with E-state index in [1.54, 1.807) is 25.1 Å². The van der Waals surface area contributed by atoms with E-state index in [-0.39, 0.29) is 24.7 Å². The van der Waals surface area contributed by atoms with Crippen LogP contribution >= 0.6 is 0 Å². The van der Waals surface area contributed by atoms with E-state index in [9.17, 15) is 9.18 Å². The minimum absolute atomic E-state index is 0.00605. The quantitative estimate of drug-likeness (QED) is 0.658. The van der Waals surface area contributed by atoms with E-state index in [0.717, 1.165) is 5.39 Å². The molecule has 118 valence electrons. The minimum Gasteiger partial charge on any atom is -0.486 e. The number of benzene rings is 2. The molecule has 1 aromatic heterocycles. The smallest absolute Gasteiger partial charge is 0.374 e. The minimum atomic E-state index is -0.559. The fourth-order valence-electron chi connectivity index (χ4n) is 2.32. The van der Waals surface area contributed by atoms with E-state index in [1.807, 2.05) is 18.2 Å². The normalized spacial score (nSPS) is 10.7. The number of carbonyl (C=O) groups excluding carboxylic acids is 1. The molecular formula is C18H15FO4. The van der Waals surface area contributed by atoms with Gasteiger partial charge in [0, 0.05) is 5.39 Å². The van der Waals surface area contributed by atoms with Crippen LogP contribution in [0.5, 0.6) is 5.75 Å².